The van der Waals surface area contributed by atoms with Gasteiger partial charge in [-0.15, -0.1) is 0 Å². The summed E-state index contributed by atoms with van der Waals surface area (Å²) in [6.45, 7) is 3.35. The summed E-state index contributed by atoms with van der Waals surface area (Å²) in [5, 5.41) is 3.74. The SMILES string of the molecule is Cc1c(Cl)cccc1NC(=O)COC(=O)[C@H]1CC(=O)N(c2cccc(Cl)c2C)C1. The number of esters is 1. The molecule has 1 fully saturated rings. The largest absolute Gasteiger partial charge is 0.455 e. The lowest BCUT2D eigenvalue weighted by Gasteiger charge is -2.19. The maximum Gasteiger partial charge on any atom is 0.311 e. The number of carbonyl (C=O) groups is 3. The molecule has 2 amide bonds. The highest BCUT2D eigenvalue weighted by Crippen LogP contribution is 2.31. The molecule has 1 heterocycles. The third kappa shape index (κ3) is 4.71. The number of nitrogens with zero attached hydrogens (tertiary/aromatic N) is 1. The molecule has 6 nitrogen and oxygen atoms in total. The molecule has 2 aromatic carbocycles. The van der Waals surface area contributed by atoms with Gasteiger partial charge in [0, 0.05) is 34.4 Å². The van der Waals surface area contributed by atoms with E-state index in [2.05, 4.69) is 5.32 Å². The number of amides is 2. The molecule has 8 heteroatoms. The normalized spacial score (nSPS) is 16.1. The average molecular weight is 435 g/mol. The topological polar surface area (TPSA) is 75.7 Å². The van der Waals surface area contributed by atoms with E-state index in [1.165, 1.54) is 4.90 Å². The lowest BCUT2D eigenvalue weighted by Crippen LogP contribution is -2.28. The van der Waals surface area contributed by atoms with Gasteiger partial charge in [-0.1, -0.05) is 35.3 Å². The van der Waals surface area contributed by atoms with Gasteiger partial charge in [0.15, 0.2) is 6.61 Å². The zero-order chi connectivity index (χ0) is 21.1. The molecule has 1 aliphatic heterocycles. The summed E-state index contributed by atoms with van der Waals surface area (Å²) in [5.41, 5.74) is 2.72. The lowest BCUT2D eigenvalue weighted by molar-refractivity contribution is -0.151. The van der Waals surface area contributed by atoms with E-state index in [1.54, 1.807) is 43.3 Å². The van der Waals surface area contributed by atoms with Crippen molar-refractivity contribution in [3.63, 3.8) is 0 Å². The third-order valence-corrected chi connectivity index (χ3v) is 5.69. The van der Waals surface area contributed by atoms with Gasteiger partial charge < -0.3 is 15.0 Å². The van der Waals surface area contributed by atoms with Crippen LogP contribution in [0.2, 0.25) is 10.0 Å². The van der Waals surface area contributed by atoms with Crippen molar-refractivity contribution in [1.82, 2.24) is 0 Å². The van der Waals surface area contributed by atoms with Gasteiger partial charge in [-0.2, -0.15) is 0 Å². The average Bonchev–Trinajstić information content (AvgIpc) is 3.07. The molecule has 0 aliphatic carbocycles. The van der Waals surface area contributed by atoms with Crippen molar-refractivity contribution in [1.29, 1.82) is 0 Å². The first-order valence-electron chi connectivity index (χ1n) is 9.05. The van der Waals surface area contributed by atoms with Gasteiger partial charge in [-0.25, -0.2) is 0 Å². The summed E-state index contributed by atoms with van der Waals surface area (Å²) in [5.74, 6) is -1.88. The van der Waals surface area contributed by atoms with Gasteiger partial charge in [0.2, 0.25) is 5.91 Å². The number of hydrogen-bond donors (Lipinski definition) is 1. The smallest absolute Gasteiger partial charge is 0.311 e. The monoisotopic (exact) mass is 434 g/mol. The molecule has 29 heavy (non-hydrogen) atoms. The van der Waals surface area contributed by atoms with Crippen molar-refractivity contribution >= 4 is 52.4 Å². The molecule has 3 rings (SSSR count). The Hall–Kier alpha value is -2.57. The molecule has 0 aromatic heterocycles. The van der Waals surface area contributed by atoms with Crippen LogP contribution in [0.4, 0.5) is 11.4 Å². The minimum atomic E-state index is -0.637. The van der Waals surface area contributed by atoms with Gasteiger partial charge in [-0.05, 0) is 49.2 Å². The Labute approximate surface area is 178 Å². The molecule has 0 spiro atoms. The van der Waals surface area contributed by atoms with E-state index in [1.807, 2.05) is 6.92 Å². The minimum Gasteiger partial charge on any atom is -0.455 e. The molecule has 152 valence electrons. The van der Waals surface area contributed by atoms with Crippen molar-refractivity contribution in [2.24, 2.45) is 5.92 Å². The maximum absolute atomic E-state index is 12.4. The predicted octanol–water partition coefficient (Wildman–Crippen LogP) is 4.15. The van der Waals surface area contributed by atoms with E-state index in [9.17, 15) is 14.4 Å². The van der Waals surface area contributed by atoms with Crippen LogP contribution in [-0.2, 0) is 19.1 Å². The molecular formula is C21H20Cl2N2O4. The fourth-order valence-corrected chi connectivity index (χ4v) is 3.51. The number of ether oxygens (including phenoxy) is 1. The van der Waals surface area contributed by atoms with E-state index in [0.29, 0.717) is 21.4 Å². The van der Waals surface area contributed by atoms with Crippen LogP contribution in [0.3, 0.4) is 0 Å². The molecular weight excluding hydrogens is 415 g/mol. The second-order valence-corrected chi connectivity index (χ2v) is 7.67. The van der Waals surface area contributed by atoms with Crippen LogP contribution in [0, 0.1) is 19.8 Å². The zero-order valence-corrected chi connectivity index (χ0v) is 17.5. The Morgan fingerprint density at radius 3 is 2.48 bits per heavy atom. The summed E-state index contributed by atoms with van der Waals surface area (Å²) in [4.78, 5) is 38.4. The van der Waals surface area contributed by atoms with E-state index < -0.39 is 24.4 Å². The molecule has 1 atom stereocenters. The Morgan fingerprint density at radius 2 is 1.76 bits per heavy atom. The van der Waals surface area contributed by atoms with Gasteiger partial charge in [0.05, 0.1) is 5.92 Å². The van der Waals surface area contributed by atoms with Crippen molar-refractivity contribution in [3.8, 4) is 0 Å². The summed E-state index contributed by atoms with van der Waals surface area (Å²) in [6, 6.07) is 10.4. The van der Waals surface area contributed by atoms with Crippen LogP contribution >= 0.6 is 23.2 Å². The van der Waals surface area contributed by atoms with E-state index in [-0.39, 0.29) is 18.9 Å². The van der Waals surface area contributed by atoms with Crippen LogP contribution in [-0.4, -0.2) is 30.9 Å². The Morgan fingerprint density at radius 1 is 1.10 bits per heavy atom. The lowest BCUT2D eigenvalue weighted by atomic mass is 10.1. The molecule has 0 unspecified atom stereocenters. The van der Waals surface area contributed by atoms with Crippen LogP contribution < -0.4 is 10.2 Å². The fourth-order valence-electron chi connectivity index (χ4n) is 3.17. The standard InChI is InChI=1S/C21H20Cl2N2O4/c1-12-15(22)5-3-7-17(12)24-19(26)11-29-21(28)14-9-20(27)25(10-14)18-8-4-6-16(23)13(18)2/h3-8,14H,9-11H2,1-2H3,(H,24,26)/t14-/m0/s1. The van der Waals surface area contributed by atoms with Crippen molar-refractivity contribution < 1.29 is 19.1 Å². The summed E-state index contributed by atoms with van der Waals surface area (Å²) in [6.07, 6.45) is 0.0276. The van der Waals surface area contributed by atoms with E-state index in [0.717, 1.165) is 11.1 Å². The van der Waals surface area contributed by atoms with Crippen LogP contribution in [0.1, 0.15) is 17.5 Å². The van der Waals surface area contributed by atoms with Gasteiger partial charge in [-0.3, -0.25) is 14.4 Å². The number of rotatable bonds is 5. The highest BCUT2D eigenvalue weighted by molar-refractivity contribution is 6.32. The van der Waals surface area contributed by atoms with Crippen molar-refractivity contribution in [2.45, 2.75) is 20.3 Å². The first-order chi connectivity index (χ1) is 13.8. The molecule has 0 saturated carbocycles. The second kappa shape index (κ2) is 8.84. The highest BCUT2D eigenvalue weighted by Gasteiger charge is 2.37. The molecule has 1 N–H and O–H groups in total. The van der Waals surface area contributed by atoms with Gasteiger partial charge >= 0.3 is 5.97 Å². The number of halogens is 2. The van der Waals surface area contributed by atoms with Crippen LogP contribution in [0.5, 0.6) is 0 Å². The minimum absolute atomic E-state index is 0.0276. The van der Waals surface area contributed by atoms with Crippen molar-refractivity contribution in [3.05, 3.63) is 57.6 Å². The van der Waals surface area contributed by atoms with E-state index >= 15 is 0 Å². The van der Waals surface area contributed by atoms with Gasteiger partial charge in [0.25, 0.3) is 5.91 Å². The molecule has 0 bridgehead atoms. The number of anilines is 2. The maximum atomic E-state index is 12.4. The molecule has 2 aromatic rings. The second-order valence-electron chi connectivity index (χ2n) is 6.86. The van der Waals surface area contributed by atoms with E-state index in [4.69, 9.17) is 27.9 Å². The fraction of sp³-hybridized carbons (Fsp3) is 0.286. The Bertz CT molecular complexity index is 977. The first-order valence-corrected chi connectivity index (χ1v) is 9.80. The number of carbonyl (C=O) groups excluding carboxylic acids is 3. The molecule has 1 aliphatic rings. The summed E-state index contributed by atoms with van der Waals surface area (Å²) < 4.78 is 5.13. The summed E-state index contributed by atoms with van der Waals surface area (Å²) in [7, 11) is 0. The van der Waals surface area contributed by atoms with Crippen molar-refractivity contribution in [2.75, 3.05) is 23.4 Å². The molecule has 0 radical (unpaired) electrons. The molecule has 1 saturated heterocycles. The number of benzene rings is 2. The first kappa shape index (κ1) is 21.1. The predicted molar refractivity (Wildman–Crippen MR) is 112 cm³/mol. The van der Waals surface area contributed by atoms with Crippen LogP contribution in [0.25, 0.3) is 0 Å². The zero-order valence-electron chi connectivity index (χ0n) is 16.0. The highest BCUT2D eigenvalue weighted by atomic mass is 35.5. The van der Waals surface area contributed by atoms with Crippen LogP contribution in [0.15, 0.2) is 36.4 Å². The summed E-state index contributed by atoms with van der Waals surface area (Å²) >= 11 is 12.2. The number of nitrogens with one attached hydrogen (secondary N) is 1. The third-order valence-electron chi connectivity index (χ3n) is 4.88. The number of hydrogen-bond acceptors (Lipinski definition) is 4. The van der Waals surface area contributed by atoms with Gasteiger partial charge in [0.1, 0.15) is 0 Å². The Balaban J connectivity index is 1.57. The Kier molecular flexibility index (Phi) is 6.45. The quantitative estimate of drug-likeness (QED) is 0.717.